The molecule has 2 N–H and O–H groups in total. The van der Waals surface area contributed by atoms with Crippen molar-refractivity contribution in [2.24, 2.45) is 0 Å². The highest BCUT2D eigenvalue weighted by Gasteiger charge is 2.14. The molecule has 3 rings (SSSR count). The van der Waals surface area contributed by atoms with E-state index in [1.807, 2.05) is 0 Å². The molecular formula is C22H18ClFN2O4. The normalized spacial score (nSPS) is 10.2. The summed E-state index contributed by atoms with van der Waals surface area (Å²) in [7, 11) is 1.43. The molecule has 2 amide bonds. The van der Waals surface area contributed by atoms with Crippen molar-refractivity contribution in [3.8, 4) is 11.5 Å². The Labute approximate surface area is 177 Å². The number of hydrogen-bond donors (Lipinski definition) is 2. The first-order valence-corrected chi connectivity index (χ1v) is 9.26. The van der Waals surface area contributed by atoms with Gasteiger partial charge in [0.1, 0.15) is 5.82 Å². The summed E-state index contributed by atoms with van der Waals surface area (Å²) in [5.41, 5.74) is 1.26. The van der Waals surface area contributed by atoms with E-state index < -0.39 is 11.7 Å². The van der Waals surface area contributed by atoms with Gasteiger partial charge in [0.05, 0.1) is 17.8 Å². The number of amides is 2. The van der Waals surface area contributed by atoms with Crippen LogP contribution in [0.15, 0.2) is 66.7 Å². The molecule has 0 radical (unpaired) electrons. The fourth-order valence-corrected chi connectivity index (χ4v) is 2.74. The first-order chi connectivity index (χ1) is 14.5. The molecule has 8 heteroatoms. The van der Waals surface area contributed by atoms with Gasteiger partial charge >= 0.3 is 0 Å². The first kappa shape index (κ1) is 21.1. The Bertz CT molecular complexity index is 1060. The highest BCUT2D eigenvalue weighted by atomic mass is 35.5. The van der Waals surface area contributed by atoms with Gasteiger partial charge in [0.25, 0.3) is 11.8 Å². The predicted molar refractivity (Wildman–Crippen MR) is 113 cm³/mol. The van der Waals surface area contributed by atoms with Crippen LogP contribution in [0.4, 0.5) is 15.8 Å². The topological polar surface area (TPSA) is 76.7 Å². The molecule has 0 saturated heterocycles. The average molecular weight is 429 g/mol. The predicted octanol–water partition coefficient (Wildman–Crippen LogP) is 4.76. The van der Waals surface area contributed by atoms with Crippen LogP contribution in [0.5, 0.6) is 11.5 Å². The number of halogens is 2. The molecule has 0 unspecified atom stereocenters. The van der Waals surface area contributed by atoms with Gasteiger partial charge in [0.15, 0.2) is 18.1 Å². The molecule has 30 heavy (non-hydrogen) atoms. The van der Waals surface area contributed by atoms with Crippen molar-refractivity contribution in [2.75, 3.05) is 24.4 Å². The number of carbonyl (C=O) groups is 2. The third kappa shape index (κ3) is 5.48. The molecule has 0 aromatic heterocycles. The second-order valence-corrected chi connectivity index (χ2v) is 6.55. The third-order valence-electron chi connectivity index (χ3n) is 4.03. The van der Waals surface area contributed by atoms with Crippen LogP contribution in [0.1, 0.15) is 10.4 Å². The van der Waals surface area contributed by atoms with Gasteiger partial charge in [-0.1, -0.05) is 23.7 Å². The molecule has 3 aromatic rings. The lowest BCUT2D eigenvalue weighted by molar-refractivity contribution is -0.118. The minimum absolute atomic E-state index is 0.288. The van der Waals surface area contributed by atoms with Gasteiger partial charge in [-0.05, 0) is 54.6 Å². The van der Waals surface area contributed by atoms with Crippen LogP contribution in [0.3, 0.4) is 0 Å². The Hall–Kier alpha value is -3.58. The van der Waals surface area contributed by atoms with E-state index in [1.54, 1.807) is 30.3 Å². The minimum Gasteiger partial charge on any atom is -0.493 e. The van der Waals surface area contributed by atoms with Crippen molar-refractivity contribution in [1.29, 1.82) is 0 Å². The second-order valence-electron chi connectivity index (χ2n) is 6.14. The summed E-state index contributed by atoms with van der Waals surface area (Å²) in [5, 5.41) is 5.73. The molecule has 154 valence electrons. The van der Waals surface area contributed by atoms with Crippen molar-refractivity contribution >= 4 is 34.8 Å². The zero-order valence-corrected chi connectivity index (χ0v) is 16.7. The Morgan fingerprint density at radius 3 is 2.40 bits per heavy atom. The lowest BCUT2D eigenvalue weighted by Crippen LogP contribution is -2.20. The Morgan fingerprint density at radius 1 is 0.967 bits per heavy atom. The summed E-state index contributed by atoms with van der Waals surface area (Å²) >= 11 is 6.06. The smallest absolute Gasteiger partial charge is 0.262 e. The maximum Gasteiger partial charge on any atom is 0.262 e. The summed E-state index contributed by atoms with van der Waals surface area (Å²) in [5.74, 6) is -0.615. The molecular weight excluding hydrogens is 411 g/mol. The van der Waals surface area contributed by atoms with Gasteiger partial charge in [-0.2, -0.15) is 0 Å². The van der Waals surface area contributed by atoms with Crippen molar-refractivity contribution in [1.82, 2.24) is 0 Å². The van der Waals surface area contributed by atoms with Gasteiger partial charge in [-0.3, -0.25) is 9.59 Å². The number of nitrogens with one attached hydrogen (secondary N) is 2. The largest absolute Gasteiger partial charge is 0.493 e. The van der Waals surface area contributed by atoms with Crippen LogP contribution in [-0.4, -0.2) is 25.5 Å². The van der Waals surface area contributed by atoms with E-state index in [2.05, 4.69) is 10.6 Å². The third-order valence-corrected chi connectivity index (χ3v) is 4.36. The maximum atomic E-state index is 12.9. The molecule has 0 bridgehead atoms. The molecule has 0 saturated carbocycles. The first-order valence-electron chi connectivity index (χ1n) is 8.88. The Morgan fingerprint density at radius 2 is 1.70 bits per heavy atom. The molecule has 0 fully saturated rings. The number of hydrogen-bond acceptors (Lipinski definition) is 4. The van der Waals surface area contributed by atoms with Gasteiger partial charge in [0, 0.05) is 11.3 Å². The molecule has 0 aliphatic heterocycles. The molecule has 3 aromatic carbocycles. The summed E-state index contributed by atoms with van der Waals surface area (Å²) in [6.45, 7) is -0.293. The monoisotopic (exact) mass is 428 g/mol. The van der Waals surface area contributed by atoms with Crippen LogP contribution in [0.2, 0.25) is 5.02 Å². The lowest BCUT2D eigenvalue weighted by Gasteiger charge is -2.13. The highest BCUT2D eigenvalue weighted by molar-refractivity contribution is 6.33. The van der Waals surface area contributed by atoms with E-state index >= 15 is 0 Å². The quantitative estimate of drug-likeness (QED) is 0.569. The van der Waals surface area contributed by atoms with Crippen molar-refractivity contribution in [2.45, 2.75) is 0 Å². The maximum absolute atomic E-state index is 12.9. The van der Waals surface area contributed by atoms with E-state index in [-0.39, 0.29) is 18.3 Å². The standard InChI is InChI=1S/C22H18ClFN2O4/c1-29-20-12-14(22(28)26-18-5-3-2-4-17(18)23)6-11-19(20)30-13-21(27)25-16-9-7-15(24)8-10-16/h2-12H,13H2,1H3,(H,25,27)(H,26,28). The van der Waals surface area contributed by atoms with Crippen molar-refractivity contribution < 1.29 is 23.5 Å². The zero-order valence-electron chi connectivity index (χ0n) is 15.9. The van der Waals surface area contributed by atoms with E-state index in [0.717, 1.165) is 0 Å². The summed E-state index contributed by atoms with van der Waals surface area (Å²) in [6, 6.07) is 16.8. The Kier molecular flexibility index (Phi) is 6.87. The molecule has 0 atom stereocenters. The zero-order chi connectivity index (χ0) is 21.5. The molecule has 0 aliphatic carbocycles. The molecule has 0 spiro atoms. The Balaban J connectivity index is 1.63. The molecule has 0 heterocycles. The SMILES string of the molecule is COc1cc(C(=O)Nc2ccccc2Cl)ccc1OCC(=O)Nc1ccc(F)cc1. The number of carbonyl (C=O) groups excluding carboxylic acids is 2. The fraction of sp³-hybridized carbons (Fsp3) is 0.0909. The van der Waals surface area contributed by atoms with Crippen LogP contribution in [0, 0.1) is 5.82 Å². The number of para-hydroxylation sites is 1. The van der Waals surface area contributed by atoms with Gasteiger partial charge in [-0.15, -0.1) is 0 Å². The number of rotatable bonds is 7. The van der Waals surface area contributed by atoms with E-state index in [9.17, 15) is 14.0 Å². The second kappa shape index (κ2) is 9.76. The summed E-state index contributed by atoms with van der Waals surface area (Å²) in [4.78, 5) is 24.5. The lowest BCUT2D eigenvalue weighted by atomic mass is 10.2. The van der Waals surface area contributed by atoms with E-state index in [1.165, 1.54) is 43.5 Å². The summed E-state index contributed by atoms with van der Waals surface area (Å²) < 4.78 is 23.7. The van der Waals surface area contributed by atoms with Gasteiger partial charge in [-0.25, -0.2) is 4.39 Å². The minimum atomic E-state index is -0.427. The van der Waals surface area contributed by atoms with Crippen LogP contribution >= 0.6 is 11.6 Å². The summed E-state index contributed by atoms with van der Waals surface area (Å²) in [6.07, 6.45) is 0. The van der Waals surface area contributed by atoms with E-state index in [4.69, 9.17) is 21.1 Å². The number of ether oxygens (including phenoxy) is 2. The molecule has 0 aliphatic rings. The number of methoxy groups -OCH3 is 1. The van der Waals surface area contributed by atoms with E-state index in [0.29, 0.717) is 27.7 Å². The molecule has 6 nitrogen and oxygen atoms in total. The number of benzene rings is 3. The fourth-order valence-electron chi connectivity index (χ4n) is 2.56. The average Bonchev–Trinajstić information content (AvgIpc) is 2.75. The highest BCUT2D eigenvalue weighted by Crippen LogP contribution is 2.29. The van der Waals surface area contributed by atoms with Gasteiger partial charge in [0.2, 0.25) is 0 Å². The van der Waals surface area contributed by atoms with Crippen LogP contribution < -0.4 is 20.1 Å². The number of anilines is 2. The van der Waals surface area contributed by atoms with Crippen molar-refractivity contribution in [3.05, 3.63) is 83.1 Å². The van der Waals surface area contributed by atoms with Crippen molar-refractivity contribution in [3.63, 3.8) is 0 Å². The van der Waals surface area contributed by atoms with Crippen LogP contribution in [-0.2, 0) is 4.79 Å². The van der Waals surface area contributed by atoms with Gasteiger partial charge < -0.3 is 20.1 Å². The van der Waals surface area contributed by atoms with Crippen LogP contribution in [0.25, 0.3) is 0 Å².